The quantitative estimate of drug-likeness (QED) is 0.832. The highest BCUT2D eigenvalue weighted by molar-refractivity contribution is 5.77. The number of aromatic nitrogens is 2. The Morgan fingerprint density at radius 3 is 3.00 bits per heavy atom. The number of carbonyl (C=O) groups excluding carboxylic acids is 1. The summed E-state index contributed by atoms with van der Waals surface area (Å²) in [6.07, 6.45) is 3.05. The molecule has 1 amide bonds. The van der Waals surface area contributed by atoms with Crippen molar-refractivity contribution in [2.24, 2.45) is 5.73 Å². The van der Waals surface area contributed by atoms with Gasteiger partial charge in [-0.25, -0.2) is 9.97 Å². The van der Waals surface area contributed by atoms with Crippen LogP contribution in [0.1, 0.15) is 37.4 Å². The third-order valence-electron chi connectivity index (χ3n) is 2.87. The van der Waals surface area contributed by atoms with Crippen LogP contribution >= 0.6 is 0 Å². The van der Waals surface area contributed by atoms with E-state index >= 15 is 0 Å². The van der Waals surface area contributed by atoms with Crippen molar-refractivity contribution < 1.29 is 4.79 Å². The van der Waals surface area contributed by atoms with Crippen LogP contribution in [0.2, 0.25) is 0 Å². The molecule has 0 aliphatic carbocycles. The summed E-state index contributed by atoms with van der Waals surface area (Å²) >= 11 is 0. The first-order chi connectivity index (χ1) is 8.10. The van der Waals surface area contributed by atoms with Crippen molar-refractivity contribution in [1.82, 2.24) is 14.9 Å². The zero-order chi connectivity index (χ0) is 12.4. The van der Waals surface area contributed by atoms with Crippen molar-refractivity contribution in [2.45, 2.75) is 45.8 Å². The molecule has 1 aromatic heterocycles. The first-order valence-corrected chi connectivity index (χ1v) is 5.97. The van der Waals surface area contributed by atoms with E-state index in [4.69, 9.17) is 5.73 Å². The third-order valence-corrected chi connectivity index (χ3v) is 2.87. The van der Waals surface area contributed by atoms with Crippen molar-refractivity contribution in [3.8, 4) is 0 Å². The molecular weight excluding hydrogens is 216 g/mol. The topological polar surface area (TPSA) is 72.1 Å². The van der Waals surface area contributed by atoms with Crippen LogP contribution in [-0.2, 0) is 24.3 Å². The van der Waals surface area contributed by atoms with E-state index in [2.05, 4.69) is 9.97 Å². The van der Waals surface area contributed by atoms with E-state index < -0.39 is 0 Å². The molecule has 1 aliphatic rings. The molecular formula is C12H18N4O. The number of aryl methyl sites for hydroxylation is 1. The second kappa shape index (κ2) is 4.79. The highest BCUT2D eigenvalue weighted by Gasteiger charge is 2.25. The largest absolute Gasteiger partial charge is 0.332 e. The number of nitrogens with zero attached hydrogens (tertiary/aromatic N) is 3. The summed E-state index contributed by atoms with van der Waals surface area (Å²) in [5.74, 6) is 0.932. The van der Waals surface area contributed by atoms with Crippen molar-refractivity contribution in [1.29, 1.82) is 0 Å². The fourth-order valence-electron chi connectivity index (χ4n) is 1.95. The van der Waals surface area contributed by atoms with Gasteiger partial charge in [0.25, 0.3) is 0 Å². The fourth-order valence-corrected chi connectivity index (χ4v) is 1.95. The van der Waals surface area contributed by atoms with Crippen LogP contribution in [-0.4, -0.2) is 26.8 Å². The minimum absolute atomic E-state index is 0.0936. The Hall–Kier alpha value is -1.49. The van der Waals surface area contributed by atoms with E-state index in [-0.39, 0.29) is 11.9 Å². The lowest BCUT2D eigenvalue weighted by Gasteiger charge is -2.16. The molecule has 0 saturated heterocycles. The van der Waals surface area contributed by atoms with Gasteiger partial charge in [-0.05, 0) is 6.92 Å². The number of amides is 1. The summed E-state index contributed by atoms with van der Waals surface area (Å²) < 4.78 is 0. The predicted octanol–water partition coefficient (Wildman–Crippen LogP) is 0.619. The molecule has 0 bridgehead atoms. The average molecular weight is 234 g/mol. The van der Waals surface area contributed by atoms with Crippen LogP contribution in [0.3, 0.4) is 0 Å². The van der Waals surface area contributed by atoms with E-state index in [1.165, 1.54) is 0 Å². The van der Waals surface area contributed by atoms with Crippen molar-refractivity contribution in [3.63, 3.8) is 0 Å². The average Bonchev–Trinajstić information content (AvgIpc) is 2.70. The molecule has 2 N–H and O–H groups in total. The molecule has 92 valence electrons. The Labute approximate surface area is 101 Å². The zero-order valence-electron chi connectivity index (χ0n) is 10.3. The van der Waals surface area contributed by atoms with Crippen LogP contribution in [0.4, 0.5) is 0 Å². The lowest BCUT2D eigenvalue weighted by atomic mass is 10.2. The molecule has 0 saturated carbocycles. The molecule has 0 radical (unpaired) electrons. The minimum Gasteiger partial charge on any atom is -0.332 e. The summed E-state index contributed by atoms with van der Waals surface area (Å²) in [4.78, 5) is 22.4. The number of carbonyl (C=O) groups is 1. The highest BCUT2D eigenvalue weighted by atomic mass is 16.2. The first kappa shape index (κ1) is 12.0. The van der Waals surface area contributed by atoms with Crippen LogP contribution in [0.15, 0.2) is 6.20 Å². The predicted molar refractivity (Wildman–Crippen MR) is 63.9 cm³/mol. The van der Waals surface area contributed by atoms with Crippen LogP contribution in [0.25, 0.3) is 0 Å². The Balaban J connectivity index is 2.08. The van der Waals surface area contributed by atoms with Gasteiger partial charge in [-0.15, -0.1) is 0 Å². The maximum absolute atomic E-state index is 11.9. The van der Waals surface area contributed by atoms with Crippen LogP contribution < -0.4 is 5.73 Å². The molecule has 5 heteroatoms. The summed E-state index contributed by atoms with van der Waals surface area (Å²) in [6.45, 7) is 5.08. The lowest BCUT2D eigenvalue weighted by molar-refractivity contribution is -0.132. The molecule has 0 fully saturated rings. The fraction of sp³-hybridized carbons (Fsp3) is 0.583. The molecule has 0 unspecified atom stereocenters. The number of hydrogen-bond acceptors (Lipinski definition) is 4. The highest BCUT2D eigenvalue weighted by Crippen LogP contribution is 2.21. The van der Waals surface area contributed by atoms with Crippen molar-refractivity contribution in [2.75, 3.05) is 0 Å². The maximum Gasteiger partial charge on any atom is 0.224 e. The summed E-state index contributed by atoms with van der Waals surface area (Å²) in [6, 6.07) is -0.0940. The van der Waals surface area contributed by atoms with Crippen molar-refractivity contribution >= 4 is 5.91 Å². The Morgan fingerprint density at radius 2 is 2.35 bits per heavy atom. The smallest absolute Gasteiger partial charge is 0.224 e. The van der Waals surface area contributed by atoms with Gasteiger partial charge >= 0.3 is 0 Å². The second-order valence-electron chi connectivity index (χ2n) is 4.54. The molecule has 17 heavy (non-hydrogen) atoms. The van der Waals surface area contributed by atoms with E-state index in [1.807, 2.05) is 20.0 Å². The zero-order valence-corrected chi connectivity index (χ0v) is 10.3. The van der Waals surface area contributed by atoms with E-state index in [1.54, 1.807) is 4.90 Å². The summed E-state index contributed by atoms with van der Waals surface area (Å²) in [5, 5.41) is 0. The van der Waals surface area contributed by atoms with Gasteiger partial charge in [0, 0.05) is 37.2 Å². The Kier molecular flexibility index (Phi) is 3.38. The standard InChI is InChI=1S/C12H18N4O/c1-3-11-14-5-9-6-16(7-10(9)15-11)12(17)4-8(2)13/h5,8H,3-4,6-7,13H2,1-2H3/t8-/m0/s1. The van der Waals surface area contributed by atoms with Gasteiger partial charge in [0.2, 0.25) is 5.91 Å². The maximum atomic E-state index is 11.9. The molecule has 5 nitrogen and oxygen atoms in total. The van der Waals surface area contributed by atoms with E-state index in [0.29, 0.717) is 19.5 Å². The monoisotopic (exact) mass is 234 g/mol. The van der Waals surface area contributed by atoms with Crippen molar-refractivity contribution in [3.05, 3.63) is 23.3 Å². The van der Waals surface area contributed by atoms with Gasteiger partial charge in [0.15, 0.2) is 0 Å². The first-order valence-electron chi connectivity index (χ1n) is 5.97. The number of nitrogens with two attached hydrogens (primary N) is 1. The minimum atomic E-state index is -0.0940. The molecule has 2 rings (SSSR count). The van der Waals surface area contributed by atoms with E-state index in [0.717, 1.165) is 23.5 Å². The summed E-state index contributed by atoms with van der Waals surface area (Å²) in [5.41, 5.74) is 7.67. The van der Waals surface area contributed by atoms with Gasteiger partial charge in [0.1, 0.15) is 5.82 Å². The molecule has 0 spiro atoms. The van der Waals surface area contributed by atoms with Gasteiger partial charge < -0.3 is 10.6 Å². The van der Waals surface area contributed by atoms with Gasteiger partial charge in [-0.2, -0.15) is 0 Å². The molecule has 0 aromatic carbocycles. The third kappa shape index (κ3) is 2.61. The van der Waals surface area contributed by atoms with Gasteiger partial charge in [-0.1, -0.05) is 6.92 Å². The number of fused-ring (bicyclic) bond motifs is 1. The van der Waals surface area contributed by atoms with E-state index in [9.17, 15) is 4.79 Å². The molecule has 1 atom stereocenters. The second-order valence-corrected chi connectivity index (χ2v) is 4.54. The summed E-state index contributed by atoms with van der Waals surface area (Å²) in [7, 11) is 0. The Morgan fingerprint density at radius 1 is 1.59 bits per heavy atom. The normalized spacial score (nSPS) is 15.8. The SMILES string of the molecule is CCc1ncc2c(n1)CN(C(=O)C[C@H](C)N)C2. The van der Waals surface area contributed by atoms with Crippen LogP contribution in [0, 0.1) is 0 Å². The van der Waals surface area contributed by atoms with Crippen LogP contribution in [0.5, 0.6) is 0 Å². The lowest BCUT2D eigenvalue weighted by Crippen LogP contribution is -2.31. The number of rotatable bonds is 3. The number of hydrogen-bond donors (Lipinski definition) is 1. The van der Waals surface area contributed by atoms with Gasteiger partial charge in [-0.3, -0.25) is 4.79 Å². The molecule has 1 aromatic rings. The molecule has 2 heterocycles. The van der Waals surface area contributed by atoms with Gasteiger partial charge in [0.05, 0.1) is 12.2 Å². The molecule has 1 aliphatic heterocycles. The Bertz CT molecular complexity index is 431.